The monoisotopic (exact) mass is 415 g/mol. The lowest BCUT2D eigenvalue weighted by Gasteiger charge is -2.34. The molecule has 2 aliphatic rings. The van der Waals surface area contributed by atoms with Crippen molar-refractivity contribution < 1.29 is 9.90 Å². The van der Waals surface area contributed by atoms with Crippen molar-refractivity contribution in [1.82, 2.24) is 9.97 Å². The summed E-state index contributed by atoms with van der Waals surface area (Å²) in [5, 5.41) is 31.8. The number of H-pyrrole nitrogens is 1. The van der Waals surface area contributed by atoms with Gasteiger partial charge in [0.1, 0.15) is 6.07 Å². The number of carbonyl (C=O) groups excluding carboxylic acids is 1. The second kappa shape index (κ2) is 8.75. The van der Waals surface area contributed by atoms with Crippen LogP contribution in [0.25, 0.3) is 5.57 Å². The molecule has 1 saturated carbocycles. The molecule has 0 unspecified atom stereocenters. The van der Waals surface area contributed by atoms with Gasteiger partial charge >= 0.3 is 0 Å². The molecule has 0 aliphatic heterocycles. The fourth-order valence-corrected chi connectivity index (χ4v) is 4.54. The summed E-state index contributed by atoms with van der Waals surface area (Å²) >= 11 is 0. The van der Waals surface area contributed by atoms with E-state index >= 15 is 0 Å². The summed E-state index contributed by atoms with van der Waals surface area (Å²) in [6.45, 7) is 0. The average Bonchev–Trinajstić information content (AvgIpc) is 3.30. The molecule has 1 aromatic carbocycles. The van der Waals surface area contributed by atoms with E-state index in [2.05, 4.69) is 27.4 Å². The lowest BCUT2D eigenvalue weighted by atomic mass is 9.69. The highest BCUT2D eigenvalue weighted by Crippen LogP contribution is 2.42. The minimum Gasteiger partial charge on any atom is -0.393 e. The quantitative estimate of drug-likeness (QED) is 0.690. The topological polar surface area (TPSA) is 126 Å². The summed E-state index contributed by atoms with van der Waals surface area (Å²) in [4.78, 5) is 19.4. The number of imidazole rings is 1. The van der Waals surface area contributed by atoms with E-state index in [9.17, 15) is 15.2 Å². The van der Waals surface area contributed by atoms with Gasteiger partial charge < -0.3 is 15.4 Å². The molecule has 2 aliphatic carbocycles. The Morgan fingerprint density at radius 1 is 1.26 bits per heavy atom. The second-order valence-corrected chi connectivity index (χ2v) is 8.36. The summed E-state index contributed by atoms with van der Waals surface area (Å²) in [6, 6.07) is 10.2. The van der Waals surface area contributed by atoms with Crippen molar-refractivity contribution >= 4 is 17.2 Å². The van der Waals surface area contributed by atoms with Gasteiger partial charge in [0.05, 0.1) is 17.6 Å². The number of nitrogens with one attached hydrogen (secondary N) is 2. The first kappa shape index (κ1) is 20.8. The summed E-state index contributed by atoms with van der Waals surface area (Å²) in [5.74, 6) is -0.332. The molecule has 31 heavy (non-hydrogen) atoms. The molecule has 2 aromatic rings. The molecule has 158 valence electrons. The van der Waals surface area contributed by atoms with Gasteiger partial charge in [0.2, 0.25) is 0 Å². The van der Waals surface area contributed by atoms with Crippen LogP contribution in [0, 0.1) is 22.7 Å². The van der Waals surface area contributed by atoms with E-state index in [0.29, 0.717) is 31.4 Å². The Morgan fingerprint density at radius 3 is 2.71 bits per heavy atom. The zero-order valence-electron chi connectivity index (χ0n) is 17.3. The maximum Gasteiger partial charge on any atom is 0.291 e. The van der Waals surface area contributed by atoms with E-state index in [1.54, 1.807) is 0 Å². The summed E-state index contributed by atoms with van der Waals surface area (Å²) in [7, 11) is 0. The molecule has 1 amide bonds. The lowest BCUT2D eigenvalue weighted by Crippen LogP contribution is -2.32. The van der Waals surface area contributed by atoms with Crippen LogP contribution in [0.1, 0.15) is 78.8 Å². The number of amides is 1. The minimum absolute atomic E-state index is 0.0824. The number of aromatic nitrogens is 2. The lowest BCUT2D eigenvalue weighted by molar-refractivity contribution is 0.101. The third kappa shape index (κ3) is 4.23. The zero-order chi connectivity index (χ0) is 21.8. The van der Waals surface area contributed by atoms with Gasteiger partial charge in [-0.25, -0.2) is 4.98 Å². The Bertz CT molecular complexity index is 1090. The number of hydrogen-bond donors (Lipinski definition) is 3. The molecule has 0 radical (unpaired) electrons. The fraction of sp³-hybridized carbons (Fsp3) is 0.417. The third-order valence-electron chi connectivity index (χ3n) is 6.39. The number of aliphatic hydroxyl groups is 1. The summed E-state index contributed by atoms with van der Waals surface area (Å²) in [5.41, 5.74) is 3.25. The van der Waals surface area contributed by atoms with Crippen molar-refractivity contribution in [3.63, 3.8) is 0 Å². The van der Waals surface area contributed by atoms with E-state index in [4.69, 9.17) is 5.26 Å². The van der Waals surface area contributed by atoms with Crippen LogP contribution in [0.15, 0.2) is 30.5 Å². The molecular weight excluding hydrogens is 390 g/mol. The second-order valence-electron chi connectivity index (χ2n) is 8.36. The highest BCUT2D eigenvalue weighted by Gasteiger charge is 2.37. The van der Waals surface area contributed by atoms with Crippen LogP contribution in [-0.2, 0) is 5.41 Å². The fourth-order valence-electron chi connectivity index (χ4n) is 4.54. The van der Waals surface area contributed by atoms with Gasteiger partial charge in [-0.3, -0.25) is 4.79 Å². The SMILES string of the molecule is N#Cc1c[nH]c(C(=O)Nc2ccc(C3(C#N)CCC(O)CC3)cc2C2=CCCCC2)n1. The first-order valence-corrected chi connectivity index (χ1v) is 10.7. The van der Waals surface area contributed by atoms with Crippen LogP contribution < -0.4 is 5.32 Å². The number of aliphatic hydroxyl groups excluding tert-OH is 1. The Balaban J connectivity index is 1.70. The number of carbonyl (C=O) groups is 1. The summed E-state index contributed by atoms with van der Waals surface area (Å²) in [6.07, 6.45) is 9.89. The molecule has 1 heterocycles. The smallest absolute Gasteiger partial charge is 0.291 e. The molecule has 1 fully saturated rings. The maximum atomic E-state index is 12.7. The van der Waals surface area contributed by atoms with Gasteiger partial charge in [-0.1, -0.05) is 12.1 Å². The highest BCUT2D eigenvalue weighted by atomic mass is 16.3. The largest absolute Gasteiger partial charge is 0.393 e. The molecule has 0 spiro atoms. The van der Waals surface area contributed by atoms with Crippen LogP contribution in [0.4, 0.5) is 5.69 Å². The predicted molar refractivity (Wildman–Crippen MR) is 116 cm³/mol. The van der Waals surface area contributed by atoms with Gasteiger partial charge in [-0.15, -0.1) is 0 Å². The number of allylic oxidation sites excluding steroid dienone is 2. The van der Waals surface area contributed by atoms with E-state index in [1.807, 2.05) is 24.3 Å². The molecule has 7 heteroatoms. The van der Waals surface area contributed by atoms with Crippen molar-refractivity contribution in [2.45, 2.75) is 62.9 Å². The third-order valence-corrected chi connectivity index (χ3v) is 6.39. The van der Waals surface area contributed by atoms with Gasteiger partial charge in [0.15, 0.2) is 11.5 Å². The molecule has 3 N–H and O–H groups in total. The van der Waals surface area contributed by atoms with Crippen LogP contribution >= 0.6 is 0 Å². The predicted octanol–water partition coefficient (Wildman–Crippen LogP) is 4.19. The molecular formula is C24H25N5O2. The van der Waals surface area contributed by atoms with Crippen molar-refractivity contribution in [2.75, 3.05) is 5.32 Å². The molecule has 0 bridgehead atoms. The Kier molecular flexibility index (Phi) is 5.88. The van der Waals surface area contributed by atoms with Crippen LogP contribution in [0.3, 0.4) is 0 Å². The van der Waals surface area contributed by atoms with E-state index in [0.717, 1.165) is 36.8 Å². The number of anilines is 1. The number of benzene rings is 1. The Labute approximate surface area is 181 Å². The number of aromatic amines is 1. The Hall–Kier alpha value is -3.42. The zero-order valence-corrected chi connectivity index (χ0v) is 17.3. The summed E-state index contributed by atoms with van der Waals surface area (Å²) < 4.78 is 0. The standard InChI is InChI=1S/C24H25N5O2/c25-13-18-14-27-22(28-18)23(31)29-21-7-6-17(12-20(21)16-4-2-1-3-5-16)24(15-26)10-8-19(30)9-11-24/h4,6-7,12,14,19,30H,1-3,5,8-11H2,(H,27,28)(H,29,31). The maximum absolute atomic E-state index is 12.7. The number of nitriles is 2. The number of nitrogens with zero attached hydrogens (tertiary/aromatic N) is 3. The first-order chi connectivity index (χ1) is 15.0. The van der Waals surface area contributed by atoms with E-state index in [1.165, 1.54) is 11.8 Å². The van der Waals surface area contributed by atoms with Gasteiger partial charge in [-0.05, 0) is 74.6 Å². The van der Waals surface area contributed by atoms with Crippen molar-refractivity contribution in [2.24, 2.45) is 0 Å². The number of hydrogen-bond acceptors (Lipinski definition) is 5. The van der Waals surface area contributed by atoms with Crippen molar-refractivity contribution in [3.8, 4) is 12.1 Å². The molecule has 0 atom stereocenters. The van der Waals surface area contributed by atoms with Crippen molar-refractivity contribution in [1.29, 1.82) is 10.5 Å². The van der Waals surface area contributed by atoms with Crippen molar-refractivity contribution in [3.05, 3.63) is 53.1 Å². The van der Waals surface area contributed by atoms with Gasteiger partial charge in [0, 0.05) is 17.4 Å². The Morgan fingerprint density at radius 2 is 2.06 bits per heavy atom. The minimum atomic E-state index is -0.617. The normalized spacial score (nSPS) is 23.3. The molecule has 7 nitrogen and oxygen atoms in total. The average molecular weight is 415 g/mol. The van der Waals surface area contributed by atoms with Crippen LogP contribution in [0.5, 0.6) is 0 Å². The van der Waals surface area contributed by atoms with E-state index < -0.39 is 11.3 Å². The van der Waals surface area contributed by atoms with Crippen LogP contribution in [-0.4, -0.2) is 27.1 Å². The molecule has 1 aromatic heterocycles. The molecule has 4 rings (SSSR count). The molecule has 0 saturated heterocycles. The van der Waals surface area contributed by atoms with E-state index in [-0.39, 0.29) is 17.6 Å². The van der Waals surface area contributed by atoms with Gasteiger partial charge in [-0.2, -0.15) is 10.5 Å². The number of rotatable bonds is 4. The first-order valence-electron chi connectivity index (χ1n) is 10.7. The van der Waals surface area contributed by atoms with Crippen LogP contribution in [0.2, 0.25) is 0 Å². The highest BCUT2D eigenvalue weighted by molar-refractivity contribution is 6.03. The van der Waals surface area contributed by atoms with Gasteiger partial charge in [0.25, 0.3) is 5.91 Å².